The van der Waals surface area contributed by atoms with Crippen molar-refractivity contribution in [3.05, 3.63) is 29.3 Å². The minimum absolute atomic E-state index is 0.273. The number of nitrogens with one attached hydrogen (secondary N) is 1. The number of alkyl halides is 6. The molecule has 0 saturated carbocycles. The minimum atomic E-state index is -5.24. The van der Waals surface area contributed by atoms with Gasteiger partial charge in [0.2, 0.25) is 0 Å². The normalized spacial score (nSPS) is 12.1. The summed E-state index contributed by atoms with van der Waals surface area (Å²) in [4.78, 5) is 21.3. The van der Waals surface area contributed by atoms with E-state index in [9.17, 15) is 35.9 Å². The van der Waals surface area contributed by atoms with E-state index in [1.807, 2.05) is 0 Å². The maximum atomic E-state index is 12.5. The molecule has 0 aromatic heterocycles. The predicted octanol–water partition coefficient (Wildman–Crippen LogP) is 2.90. The topological polar surface area (TPSA) is 66.4 Å². The number of rotatable bonds is 2. The molecule has 110 valence electrons. The average molecular weight is 301 g/mol. The van der Waals surface area contributed by atoms with Gasteiger partial charge in [0.05, 0.1) is 11.1 Å². The lowest BCUT2D eigenvalue weighted by molar-refractivity contribution is -0.167. The van der Waals surface area contributed by atoms with E-state index in [2.05, 4.69) is 0 Å². The summed E-state index contributed by atoms with van der Waals surface area (Å²) in [5, 5.41) is 9.87. The first-order chi connectivity index (χ1) is 8.93. The molecule has 4 nitrogen and oxygen atoms in total. The Hall–Kier alpha value is -2.26. The number of carbonyl (C=O) groups excluding carboxylic acids is 1. The summed E-state index contributed by atoms with van der Waals surface area (Å²) in [6, 6.07) is 1.10. The van der Waals surface area contributed by atoms with Crippen LogP contribution in [0.1, 0.15) is 15.9 Å². The molecule has 0 radical (unpaired) electrons. The molecular formula is C10H5F6NO3. The fourth-order valence-corrected chi connectivity index (χ4v) is 1.25. The number of amides is 1. The maximum absolute atomic E-state index is 12.5. The highest BCUT2D eigenvalue weighted by atomic mass is 19.4. The van der Waals surface area contributed by atoms with E-state index in [-0.39, 0.29) is 6.07 Å². The molecule has 0 unspecified atom stereocenters. The van der Waals surface area contributed by atoms with Crippen LogP contribution in [0.4, 0.5) is 32.0 Å². The monoisotopic (exact) mass is 301 g/mol. The van der Waals surface area contributed by atoms with Crippen LogP contribution >= 0.6 is 0 Å². The van der Waals surface area contributed by atoms with Crippen molar-refractivity contribution >= 4 is 17.6 Å². The summed E-state index contributed by atoms with van der Waals surface area (Å²) < 4.78 is 73.2. The number of hydrogen-bond acceptors (Lipinski definition) is 2. The number of anilines is 1. The van der Waals surface area contributed by atoms with Crippen LogP contribution in [0, 0.1) is 0 Å². The van der Waals surface area contributed by atoms with Gasteiger partial charge in [0.25, 0.3) is 0 Å². The molecule has 20 heavy (non-hydrogen) atoms. The molecule has 0 saturated heterocycles. The van der Waals surface area contributed by atoms with Crippen molar-refractivity contribution in [1.29, 1.82) is 0 Å². The van der Waals surface area contributed by atoms with Crippen molar-refractivity contribution in [1.82, 2.24) is 0 Å². The molecule has 1 amide bonds. The van der Waals surface area contributed by atoms with Crippen LogP contribution in [0.3, 0.4) is 0 Å². The highest BCUT2D eigenvalue weighted by Gasteiger charge is 2.39. The van der Waals surface area contributed by atoms with Crippen molar-refractivity contribution in [2.45, 2.75) is 12.4 Å². The Labute approximate surface area is 107 Å². The third kappa shape index (κ3) is 3.62. The second-order valence-electron chi connectivity index (χ2n) is 3.52. The van der Waals surface area contributed by atoms with E-state index >= 15 is 0 Å². The Kier molecular flexibility index (Phi) is 3.97. The molecule has 0 aliphatic heterocycles. The average Bonchev–Trinajstić information content (AvgIpc) is 2.25. The van der Waals surface area contributed by atoms with Crippen LogP contribution in [0.25, 0.3) is 0 Å². The molecule has 0 atom stereocenters. The molecule has 10 heteroatoms. The fraction of sp³-hybridized carbons (Fsp3) is 0.200. The molecule has 0 aliphatic rings. The summed E-state index contributed by atoms with van der Waals surface area (Å²) in [5.41, 5.74) is -3.51. The predicted molar refractivity (Wildman–Crippen MR) is 53.1 cm³/mol. The van der Waals surface area contributed by atoms with Crippen LogP contribution in [-0.4, -0.2) is 23.2 Å². The van der Waals surface area contributed by atoms with E-state index in [1.54, 1.807) is 0 Å². The van der Waals surface area contributed by atoms with Crippen molar-refractivity contribution in [3.8, 4) is 0 Å². The number of hydrogen-bond donors (Lipinski definition) is 2. The van der Waals surface area contributed by atoms with Gasteiger partial charge in [0.15, 0.2) is 0 Å². The summed E-state index contributed by atoms with van der Waals surface area (Å²) in [6.45, 7) is 0. The number of carbonyl (C=O) groups is 2. The van der Waals surface area contributed by atoms with Crippen LogP contribution in [0.15, 0.2) is 18.2 Å². The molecule has 1 aromatic carbocycles. The van der Waals surface area contributed by atoms with E-state index in [1.165, 1.54) is 5.32 Å². The molecule has 1 rings (SSSR count). The number of carboxylic acids is 1. The van der Waals surface area contributed by atoms with Gasteiger partial charge in [-0.2, -0.15) is 26.3 Å². The lowest BCUT2D eigenvalue weighted by Crippen LogP contribution is -2.30. The Bertz CT molecular complexity index is 549. The number of carboxylic acid groups (broad SMARTS) is 1. The molecule has 2 N–H and O–H groups in total. The van der Waals surface area contributed by atoms with Crippen molar-refractivity contribution in [3.63, 3.8) is 0 Å². The van der Waals surface area contributed by atoms with Gasteiger partial charge in [-0.15, -0.1) is 0 Å². The lowest BCUT2D eigenvalue weighted by Gasteiger charge is -2.13. The third-order valence-corrected chi connectivity index (χ3v) is 2.07. The largest absolute Gasteiger partial charge is 0.478 e. The Morgan fingerprint density at radius 2 is 1.60 bits per heavy atom. The second kappa shape index (κ2) is 5.02. The zero-order valence-corrected chi connectivity index (χ0v) is 9.26. The van der Waals surface area contributed by atoms with Gasteiger partial charge in [0.1, 0.15) is 0 Å². The molecule has 0 fully saturated rings. The maximum Gasteiger partial charge on any atom is 0.471 e. The van der Waals surface area contributed by atoms with Crippen molar-refractivity contribution in [2.24, 2.45) is 0 Å². The van der Waals surface area contributed by atoms with Gasteiger partial charge in [-0.1, -0.05) is 0 Å². The van der Waals surface area contributed by atoms with E-state index in [0.717, 1.165) is 0 Å². The summed E-state index contributed by atoms with van der Waals surface area (Å²) in [6.07, 6.45) is -10.2. The molecule has 0 spiro atoms. The van der Waals surface area contributed by atoms with Crippen LogP contribution in [-0.2, 0) is 11.0 Å². The van der Waals surface area contributed by atoms with Crippen molar-refractivity contribution in [2.75, 3.05) is 5.32 Å². The van der Waals surface area contributed by atoms with Gasteiger partial charge < -0.3 is 10.4 Å². The standard InChI is InChI=1S/C10H5F6NO3/c11-9(12,13)6-2-1-4(3-5(6)7(18)19)17-8(20)10(14,15)16/h1-3H,(H,17,20)(H,18,19). The summed E-state index contributed by atoms with van der Waals surface area (Å²) in [5.74, 6) is -4.41. The number of benzene rings is 1. The van der Waals surface area contributed by atoms with Crippen molar-refractivity contribution < 1.29 is 41.0 Å². The minimum Gasteiger partial charge on any atom is -0.478 e. The van der Waals surface area contributed by atoms with Gasteiger partial charge in [-0.25, -0.2) is 4.79 Å². The van der Waals surface area contributed by atoms with Gasteiger partial charge in [0, 0.05) is 5.69 Å². The zero-order chi connectivity index (χ0) is 15.7. The first-order valence-electron chi connectivity index (χ1n) is 4.75. The highest BCUT2D eigenvalue weighted by molar-refractivity contribution is 5.97. The molecule has 0 aliphatic carbocycles. The third-order valence-electron chi connectivity index (χ3n) is 2.07. The number of aromatic carboxylic acids is 1. The smallest absolute Gasteiger partial charge is 0.471 e. The molecule has 0 heterocycles. The Balaban J connectivity index is 3.19. The van der Waals surface area contributed by atoms with Crippen LogP contribution in [0.2, 0.25) is 0 Å². The van der Waals surface area contributed by atoms with Gasteiger partial charge >= 0.3 is 24.2 Å². The Morgan fingerprint density at radius 3 is 2.00 bits per heavy atom. The summed E-state index contributed by atoms with van der Waals surface area (Å²) >= 11 is 0. The van der Waals surface area contributed by atoms with E-state index in [0.29, 0.717) is 12.1 Å². The van der Waals surface area contributed by atoms with E-state index in [4.69, 9.17) is 5.11 Å². The molecular weight excluding hydrogens is 296 g/mol. The Morgan fingerprint density at radius 1 is 1.05 bits per heavy atom. The van der Waals surface area contributed by atoms with Gasteiger partial charge in [-0.3, -0.25) is 4.79 Å². The summed E-state index contributed by atoms with van der Waals surface area (Å²) in [7, 11) is 0. The zero-order valence-electron chi connectivity index (χ0n) is 9.26. The molecule has 0 bridgehead atoms. The quantitative estimate of drug-likeness (QED) is 0.825. The fourth-order valence-electron chi connectivity index (χ4n) is 1.25. The van der Waals surface area contributed by atoms with Gasteiger partial charge in [-0.05, 0) is 18.2 Å². The SMILES string of the molecule is O=C(O)c1cc(NC(=O)C(F)(F)F)ccc1C(F)(F)F. The van der Waals surface area contributed by atoms with Crippen LogP contribution in [0.5, 0.6) is 0 Å². The number of halogens is 6. The van der Waals surface area contributed by atoms with E-state index < -0.39 is 41.0 Å². The first-order valence-corrected chi connectivity index (χ1v) is 4.75. The second-order valence-corrected chi connectivity index (χ2v) is 3.52. The molecule has 1 aromatic rings. The first kappa shape index (κ1) is 15.8. The lowest BCUT2D eigenvalue weighted by atomic mass is 10.1. The highest BCUT2D eigenvalue weighted by Crippen LogP contribution is 2.33. The van der Waals surface area contributed by atoms with Crippen LogP contribution < -0.4 is 5.32 Å².